The van der Waals surface area contributed by atoms with E-state index in [2.05, 4.69) is 50.2 Å². The Hall–Kier alpha value is -3.19. The van der Waals surface area contributed by atoms with Crippen LogP contribution in [0.4, 0.5) is 5.82 Å². The number of furan rings is 1. The van der Waals surface area contributed by atoms with Crippen LogP contribution in [0.15, 0.2) is 45.7 Å². The summed E-state index contributed by atoms with van der Waals surface area (Å²) in [6.45, 7) is 4.22. The van der Waals surface area contributed by atoms with Crippen molar-refractivity contribution in [2.45, 2.75) is 32.1 Å². The molecule has 6 rings (SSSR count). The molecular formula is C25H27N5O2. The molecule has 1 aliphatic carbocycles. The molecule has 1 aromatic carbocycles. The SMILES string of the molecule is CN1CCCN(c2ccc(-c3noc(Cc4coc5cc6c(cc45)CCC6)n3)cn2)CC1. The molecule has 4 heterocycles. The Morgan fingerprint density at radius 2 is 1.91 bits per heavy atom. The number of nitrogens with zero attached hydrogens (tertiary/aromatic N) is 5. The van der Waals surface area contributed by atoms with E-state index in [0.29, 0.717) is 18.1 Å². The molecule has 32 heavy (non-hydrogen) atoms. The first-order valence-electron chi connectivity index (χ1n) is 11.5. The van der Waals surface area contributed by atoms with Gasteiger partial charge in [0.1, 0.15) is 11.4 Å². The molecule has 1 saturated heterocycles. The van der Waals surface area contributed by atoms with E-state index in [1.54, 1.807) is 0 Å². The molecule has 7 heteroatoms. The monoisotopic (exact) mass is 429 g/mol. The Bertz CT molecular complexity index is 1240. The molecule has 7 nitrogen and oxygen atoms in total. The molecule has 0 radical (unpaired) electrons. The third kappa shape index (κ3) is 3.66. The van der Waals surface area contributed by atoms with E-state index in [1.165, 1.54) is 17.5 Å². The molecule has 0 amide bonds. The lowest BCUT2D eigenvalue weighted by molar-refractivity contribution is 0.360. The zero-order chi connectivity index (χ0) is 21.5. The number of rotatable bonds is 4. The van der Waals surface area contributed by atoms with Gasteiger partial charge >= 0.3 is 0 Å². The zero-order valence-corrected chi connectivity index (χ0v) is 18.4. The molecule has 0 N–H and O–H groups in total. The quantitative estimate of drug-likeness (QED) is 0.484. The van der Waals surface area contributed by atoms with Crippen LogP contribution in [0.25, 0.3) is 22.4 Å². The predicted molar refractivity (Wildman–Crippen MR) is 123 cm³/mol. The van der Waals surface area contributed by atoms with Crippen molar-refractivity contribution in [2.75, 3.05) is 38.1 Å². The number of aryl methyl sites for hydroxylation is 2. The van der Waals surface area contributed by atoms with Crippen molar-refractivity contribution in [3.63, 3.8) is 0 Å². The highest BCUT2D eigenvalue weighted by Crippen LogP contribution is 2.31. The summed E-state index contributed by atoms with van der Waals surface area (Å²) < 4.78 is 11.4. The molecule has 0 spiro atoms. The molecule has 0 bridgehead atoms. The molecule has 0 saturated carbocycles. The van der Waals surface area contributed by atoms with Gasteiger partial charge < -0.3 is 18.7 Å². The van der Waals surface area contributed by atoms with Crippen LogP contribution in [0.3, 0.4) is 0 Å². The van der Waals surface area contributed by atoms with Crippen molar-refractivity contribution in [1.82, 2.24) is 20.0 Å². The van der Waals surface area contributed by atoms with Crippen LogP contribution in [0.1, 0.15) is 35.4 Å². The van der Waals surface area contributed by atoms with E-state index in [9.17, 15) is 0 Å². The predicted octanol–water partition coefficient (Wildman–Crippen LogP) is 4.10. The van der Waals surface area contributed by atoms with Gasteiger partial charge in [0.25, 0.3) is 0 Å². The Morgan fingerprint density at radius 3 is 2.78 bits per heavy atom. The Kier molecular flexibility index (Phi) is 4.91. The highest BCUT2D eigenvalue weighted by molar-refractivity contribution is 5.83. The second-order valence-electron chi connectivity index (χ2n) is 8.97. The lowest BCUT2D eigenvalue weighted by atomic mass is 10.0. The van der Waals surface area contributed by atoms with Gasteiger partial charge in [-0.15, -0.1) is 0 Å². The van der Waals surface area contributed by atoms with Crippen LogP contribution in [0.2, 0.25) is 0 Å². The van der Waals surface area contributed by atoms with Gasteiger partial charge in [-0.3, -0.25) is 0 Å². The van der Waals surface area contributed by atoms with Gasteiger partial charge in [-0.1, -0.05) is 5.16 Å². The summed E-state index contributed by atoms with van der Waals surface area (Å²) in [5.41, 5.74) is 5.75. The normalized spacial score (nSPS) is 17.1. The molecule has 3 aromatic heterocycles. The first-order valence-corrected chi connectivity index (χ1v) is 11.5. The third-order valence-electron chi connectivity index (χ3n) is 6.73. The van der Waals surface area contributed by atoms with Crippen molar-refractivity contribution in [3.8, 4) is 11.4 Å². The van der Waals surface area contributed by atoms with Crippen LogP contribution in [-0.2, 0) is 19.3 Å². The van der Waals surface area contributed by atoms with Crippen LogP contribution >= 0.6 is 0 Å². The van der Waals surface area contributed by atoms with E-state index in [4.69, 9.17) is 8.94 Å². The van der Waals surface area contributed by atoms with Gasteiger partial charge in [0.2, 0.25) is 11.7 Å². The number of benzene rings is 1. The van der Waals surface area contributed by atoms with Crippen molar-refractivity contribution in [3.05, 3.63) is 59.3 Å². The highest BCUT2D eigenvalue weighted by atomic mass is 16.5. The van der Waals surface area contributed by atoms with Crippen molar-refractivity contribution in [1.29, 1.82) is 0 Å². The smallest absolute Gasteiger partial charge is 0.231 e. The topological polar surface area (TPSA) is 71.4 Å². The minimum atomic E-state index is 0.561. The fourth-order valence-electron chi connectivity index (χ4n) is 4.87. The fourth-order valence-corrected chi connectivity index (χ4v) is 4.87. The molecule has 2 aliphatic rings. The number of likely N-dealkylation sites (N-methyl/N-ethyl adjacent to an activating group) is 1. The summed E-state index contributed by atoms with van der Waals surface area (Å²) in [6, 6.07) is 8.55. The minimum absolute atomic E-state index is 0.561. The van der Waals surface area contributed by atoms with Gasteiger partial charge in [-0.25, -0.2) is 4.98 Å². The van der Waals surface area contributed by atoms with Crippen LogP contribution in [0.5, 0.6) is 0 Å². The fraction of sp³-hybridized carbons (Fsp3) is 0.400. The molecule has 1 fully saturated rings. The Balaban J connectivity index is 1.19. The molecular weight excluding hydrogens is 402 g/mol. The van der Waals surface area contributed by atoms with Crippen molar-refractivity contribution in [2.24, 2.45) is 0 Å². The van der Waals surface area contributed by atoms with Crippen molar-refractivity contribution >= 4 is 16.8 Å². The lowest BCUT2D eigenvalue weighted by Gasteiger charge is -2.21. The Morgan fingerprint density at radius 1 is 1.00 bits per heavy atom. The largest absolute Gasteiger partial charge is 0.464 e. The van der Waals surface area contributed by atoms with Crippen LogP contribution < -0.4 is 4.90 Å². The average molecular weight is 430 g/mol. The molecule has 1 aliphatic heterocycles. The summed E-state index contributed by atoms with van der Waals surface area (Å²) in [5, 5.41) is 5.35. The third-order valence-corrected chi connectivity index (χ3v) is 6.73. The van der Waals surface area contributed by atoms with Crippen LogP contribution in [-0.4, -0.2) is 53.3 Å². The van der Waals surface area contributed by atoms with E-state index in [-0.39, 0.29) is 0 Å². The summed E-state index contributed by atoms with van der Waals surface area (Å²) in [4.78, 5) is 14.0. The number of hydrogen-bond acceptors (Lipinski definition) is 7. The Labute approximate surface area is 187 Å². The highest BCUT2D eigenvalue weighted by Gasteiger charge is 2.18. The number of fused-ring (bicyclic) bond motifs is 2. The number of hydrogen-bond donors (Lipinski definition) is 0. The van der Waals surface area contributed by atoms with Gasteiger partial charge in [-0.2, -0.15) is 4.98 Å². The van der Waals surface area contributed by atoms with Gasteiger partial charge in [0.15, 0.2) is 0 Å². The molecule has 0 atom stereocenters. The van der Waals surface area contributed by atoms with E-state index in [1.807, 2.05) is 18.5 Å². The first kappa shape index (κ1) is 19.5. The molecule has 4 aromatic rings. The number of pyridine rings is 1. The van der Waals surface area contributed by atoms with Crippen molar-refractivity contribution < 1.29 is 8.94 Å². The van der Waals surface area contributed by atoms with E-state index >= 15 is 0 Å². The standard InChI is InChI=1S/C25H27N5O2/c1-29-8-3-9-30(11-10-29)23-7-6-19(15-26-23)25-27-24(32-28-25)14-20-16-31-22-13-18-5-2-4-17(18)12-21(20)22/h6-7,12-13,15-16H,2-5,8-11,14H2,1H3. The van der Waals surface area contributed by atoms with Crippen LogP contribution in [0, 0.1) is 0 Å². The second kappa shape index (κ2) is 8.06. The van der Waals surface area contributed by atoms with Gasteiger partial charge in [0, 0.05) is 42.3 Å². The van der Waals surface area contributed by atoms with Gasteiger partial charge in [0.05, 0.1) is 12.7 Å². The average Bonchev–Trinajstić information content (AvgIpc) is 3.52. The van der Waals surface area contributed by atoms with E-state index < -0.39 is 0 Å². The van der Waals surface area contributed by atoms with E-state index in [0.717, 1.165) is 73.4 Å². The number of anilines is 1. The van der Waals surface area contributed by atoms with Gasteiger partial charge in [-0.05, 0) is 74.7 Å². The maximum absolute atomic E-state index is 5.82. The summed E-state index contributed by atoms with van der Waals surface area (Å²) in [7, 11) is 2.17. The molecule has 0 unspecified atom stereocenters. The molecule has 164 valence electrons. The zero-order valence-electron chi connectivity index (χ0n) is 18.4. The summed E-state index contributed by atoms with van der Waals surface area (Å²) >= 11 is 0. The first-order chi connectivity index (χ1) is 15.7. The summed E-state index contributed by atoms with van der Waals surface area (Å²) in [5.74, 6) is 2.16. The second-order valence-corrected chi connectivity index (χ2v) is 8.97. The maximum Gasteiger partial charge on any atom is 0.231 e. The number of aromatic nitrogens is 3. The summed E-state index contributed by atoms with van der Waals surface area (Å²) in [6.07, 6.45) is 8.90. The minimum Gasteiger partial charge on any atom is -0.464 e. The maximum atomic E-state index is 5.82. The lowest BCUT2D eigenvalue weighted by Crippen LogP contribution is -2.29.